The molecule has 0 aliphatic carbocycles. The molecule has 2 heteroatoms. The van der Waals surface area contributed by atoms with Gasteiger partial charge in [0.1, 0.15) is 0 Å². The average Bonchev–Trinajstić information content (AvgIpc) is 2.52. The smallest absolute Gasteiger partial charge is 0.0664 e. The lowest BCUT2D eigenvalue weighted by atomic mass is 9.95. The monoisotopic (exact) mass is 185 g/mol. The average molecular weight is 185 g/mol. The minimum absolute atomic E-state index is 0.120. The summed E-state index contributed by atoms with van der Waals surface area (Å²) in [6, 6.07) is 0. The number of aliphatic hydroxyl groups is 1. The lowest BCUT2D eigenvalue weighted by Crippen LogP contribution is -2.30. The Hall–Kier alpha value is -0.0800. The van der Waals surface area contributed by atoms with Gasteiger partial charge in [-0.1, -0.05) is 20.8 Å². The summed E-state index contributed by atoms with van der Waals surface area (Å²) < 4.78 is 0. The van der Waals surface area contributed by atoms with Gasteiger partial charge in [-0.2, -0.15) is 0 Å². The lowest BCUT2D eigenvalue weighted by molar-refractivity contribution is 0.118. The molecule has 0 amide bonds. The summed E-state index contributed by atoms with van der Waals surface area (Å²) in [5, 5.41) is 9.50. The Bertz CT molecular complexity index is 147. The van der Waals surface area contributed by atoms with Gasteiger partial charge in [0, 0.05) is 13.1 Å². The van der Waals surface area contributed by atoms with Crippen molar-refractivity contribution in [2.75, 3.05) is 19.6 Å². The van der Waals surface area contributed by atoms with E-state index < -0.39 is 0 Å². The van der Waals surface area contributed by atoms with E-state index in [1.54, 1.807) is 0 Å². The second kappa shape index (κ2) is 4.97. The number of aliphatic hydroxyl groups excluding tert-OH is 1. The van der Waals surface area contributed by atoms with Gasteiger partial charge in [-0.25, -0.2) is 0 Å². The van der Waals surface area contributed by atoms with E-state index in [2.05, 4.69) is 18.7 Å². The van der Waals surface area contributed by atoms with Crippen LogP contribution in [-0.2, 0) is 0 Å². The number of hydrogen-bond acceptors (Lipinski definition) is 2. The van der Waals surface area contributed by atoms with Crippen molar-refractivity contribution in [1.29, 1.82) is 0 Å². The standard InChI is InChI=1S/C11H23NO/c1-4-11(13)8-12-6-5-10(7-12)9(2)3/h9-11,13H,4-8H2,1-3H3. The first-order valence-corrected chi connectivity index (χ1v) is 5.54. The van der Waals surface area contributed by atoms with Crippen molar-refractivity contribution in [3.05, 3.63) is 0 Å². The maximum absolute atomic E-state index is 9.50. The molecule has 2 nitrogen and oxygen atoms in total. The third kappa shape index (κ3) is 3.28. The van der Waals surface area contributed by atoms with Gasteiger partial charge in [0.25, 0.3) is 0 Å². The van der Waals surface area contributed by atoms with Gasteiger partial charge in [-0.3, -0.25) is 0 Å². The van der Waals surface area contributed by atoms with Crippen LogP contribution in [0.1, 0.15) is 33.6 Å². The predicted molar refractivity (Wildman–Crippen MR) is 55.7 cm³/mol. The Labute approximate surface area is 81.9 Å². The van der Waals surface area contributed by atoms with Gasteiger partial charge in [0.2, 0.25) is 0 Å². The summed E-state index contributed by atoms with van der Waals surface area (Å²) >= 11 is 0. The van der Waals surface area contributed by atoms with Crippen molar-refractivity contribution < 1.29 is 5.11 Å². The maximum atomic E-state index is 9.50. The van der Waals surface area contributed by atoms with Crippen molar-refractivity contribution >= 4 is 0 Å². The quantitative estimate of drug-likeness (QED) is 0.721. The number of nitrogens with zero attached hydrogens (tertiary/aromatic N) is 1. The van der Waals surface area contributed by atoms with Crippen molar-refractivity contribution in [1.82, 2.24) is 4.90 Å². The zero-order valence-electron chi connectivity index (χ0n) is 9.16. The summed E-state index contributed by atoms with van der Waals surface area (Å²) in [5.74, 6) is 1.65. The van der Waals surface area contributed by atoms with Crippen LogP contribution in [0, 0.1) is 11.8 Å². The maximum Gasteiger partial charge on any atom is 0.0664 e. The molecule has 0 bridgehead atoms. The molecular weight excluding hydrogens is 162 g/mol. The van der Waals surface area contributed by atoms with Crippen LogP contribution < -0.4 is 0 Å². The Balaban J connectivity index is 2.25. The van der Waals surface area contributed by atoms with Gasteiger partial charge >= 0.3 is 0 Å². The third-order valence-electron chi connectivity index (χ3n) is 3.19. The van der Waals surface area contributed by atoms with E-state index in [0.29, 0.717) is 0 Å². The van der Waals surface area contributed by atoms with Gasteiger partial charge in [0.15, 0.2) is 0 Å². The van der Waals surface area contributed by atoms with Gasteiger partial charge in [-0.05, 0) is 31.2 Å². The highest BCUT2D eigenvalue weighted by Gasteiger charge is 2.25. The SMILES string of the molecule is CCC(O)CN1CCC(C(C)C)C1. The summed E-state index contributed by atoms with van der Waals surface area (Å²) in [5.41, 5.74) is 0. The molecule has 1 aliphatic rings. The van der Waals surface area contributed by atoms with Crippen molar-refractivity contribution in [2.45, 2.75) is 39.7 Å². The minimum Gasteiger partial charge on any atom is -0.392 e. The van der Waals surface area contributed by atoms with E-state index in [1.807, 2.05) is 6.92 Å². The van der Waals surface area contributed by atoms with E-state index in [4.69, 9.17) is 0 Å². The van der Waals surface area contributed by atoms with Crippen LogP contribution in [0.15, 0.2) is 0 Å². The zero-order valence-corrected chi connectivity index (χ0v) is 9.16. The molecule has 2 unspecified atom stereocenters. The van der Waals surface area contributed by atoms with Crippen LogP contribution in [0.2, 0.25) is 0 Å². The van der Waals surface area contributed by atoms with Crippen LogP contribution >= 0.6 is 0 Å². The highest BCUT2D eigenvalue weighted by molar-refractivity contribution is 4.78. The van der Waals surface area contributed by atoms with Crippen LogP contribution in [0.5, 0.6) is 0 Å². The molecule has 1 rings (SSSR count). The van der Waals surface area contributed by atoms with Crippen LogP contribution in [-0.4, -0.2) is 35.7 Å². The molecule has 1 N–H and O–H groups in total. The van der Waals surface area contributed by atoms with E-state index >= 15 is 0 Å². The molecule has 0 radical (unpaired) electrons. The van der Waals surface area contributed by atoms with Crippen LogP contribution in [0.4, 0.5) is 0 Å². The molecule has 1 heterocycles. The number of rotatable bonds is 4. The lowest BCUT2D eigenvalue weighted by Gasteiger charge is -2.20. The number of likely N-dealkylation sites (tertiary alicyclic amines) is 1. The van der Waals surface area contributed by atoms with E-state index in [-0.39, 0.29) is 6.10 Å². The van der Waals surface area contributed by atoms with Crippen LogP contribution in [0.3, 0.4) is 0 Å². The fraction of sp³-hybridized carbons (Fsp3) is 1.00. The Kier molecular flexibility index (Phi) is 4.20. The summed E-state index contributed by atoms with van der Waals surface area (Å²) in [4.78, 5) is 2.40. The fourth-order valence-corrected chi connectivity index (χ4v) is 2.00. The summed E-state index contributed by atoms with van der Waals surface area (Å²) in [7, 11) is 0. The zero-order chi connectivity index (χ0) is 9.84. The van der Waals surface area contributed by atoms with Gasteiger partial charge < -0.3 is 10.0 Å². The molecule has 78 valence electrons. The van der Waals surface area contributed by atoms with E-state index in [9.17, 15) is 5.11 Å². The Morgan fingerprint density at radius 3 is 2.62 bits per heavy atom. The topological polar surface area (TPSA) is 23.5 Å². The molecule has 0 saturated carbocycles. The minimum atomic E-state index is -0.120. The first-order chi connectivity index (χ1) is 6.13. The predicted octanol–water partition coefficient (Wildman–Crippen LogP) is 1.74. The molecule has 0 aromatic rings. The van der Waals surface area contributed by atoms with E-state index in [0.717, 1.165) is 24.8 Å². The molecule has 0 aromatic carbocycles. The molecule has 1 aliphatic heterocycles. The highest BCUT2D eigenvalue weighted by Crippen LogP contribution is 2.23. The molecule has 1 saturated heterocycles. The second-order valence-electron chi connectivity index (χ2n) is 4.61. The van der Waals surface area contributed by atoms with Gasteiger partial charge in [0.05, 0.1) is 6.10 Å². The normalized spacial score (nSPS) is 27.0. The van der Waals surface area contributed by atoms with Crippen molar-refractivity contribution in [2.24, 2.45) is 11.8 Å². The van der Waals surface area contributed by atoms with Gasteiger partial charge in [-0.15, -0.1) is 0 Å². The molecule has 2 atom stereocenters. The number of β-amino-alcohol motifs (C(OH)–C–C–N with tert-alkyl or cyclic N) is 1. The van der Waals surface area contributed by atoms with Crippen molar-refractivity contribution in [3.8, 4) is 0 Å². The first-order valence-electron chi connectivity index (χ1n) is 5.54. The molecule has 13 heavy (non-hydrogen) atoms. The summed E-state index contributed by atoms with van der Waals surface area (Å²) in [6.07, 6.45) is 2.07. The van der Waals surface area contributed by atoms with Crippen molar-refractivity contribution in [3.63, 3.8) is 0 Å². The summed E-state index contributed by atoms with van der Waals surface area (Å²) in [6.45, 7) is 9.88. The Morgan fingerprint density at radius 1 is 1.46 bits per heavy atom. The largest absolute Gasteiger partial charge is 0.392 e. The fourth-order valence-electron chi connectivity index (χ4n) is 2.00. The Morgan fingerprint density at radius 2 is 2.15 bits per heavy atom. The third-order valence-corrected chi connectivity index (χ3v) is 3.19. The number of hydrogen-bond donors (Lipinski definition) is 1. The molecule has 0 spiro atoms. The first kappa shape index (κ1) is 11.0. The van der Waals surface area contributed by atoms with Crippen LogP contribution in [0.25, 0.3) is 0 Å². The molecular formula is C11H23NO. The highest BCUT2D eigenvalue weighted by atomic mass is 16.3. The second-order valence-corrected chi connectivity index (χ2v) is 4.61. The van der Waals surface area contributed by atoms with E-state index in [1.165, 1.54) is 19.5 Å². The molecule has 0 aromatic heterocycles. The molecule has 1 fully saturated rings.